The number of benzene rings is 1. The molecule has 0 atom stereocenters. The Labute approximate surface area is 122 Å². The van der Waals surface area contributed by atoms with Crippen molar-refractivity contribution in [2.45, 2.75) is 13.8 Å². The molecule has 20 heavy (non-hydrogen) atoms. The molecule has 0 saturated heterocycles. The molecule has 0 aliphatic carbocycles. The molecule has 2 aromatic rings. The minimum Gasteiger partial charge on any atom is -0.484 e. The average Bonchev–Trinajstić information content (AvgIpc) is 2.84. The number of hydrazone groups is 1. The molecule has 0 aliphatic rings. The molecule has 2 rings (SSSR count). The molecular weight excluding hydrogens is 272 g/mol. The molecule has 1 aromatic carbocycles. The number of nitrogens with one attached hydrogen (secondary N) is 1. The molecule has 104 valence electrons. The lowest BCUT2D eigenvalue weighted by Gasteiger charge is -2.04. The van der Waals surface area contributed by atoms with Crippen LogP contribution in [0.4, 0.5) is 0 Å². The molecule has 0 fully saturated rings. The van der Waals surface area contributed by atoms with Gasteiger partial charge in [0, 0.05) is 4.88 Å². The molecule has 1 N–H and O–H groups in total. The summed E-state index contributed by atoms with van der Waals surface area (Å²) in [6, 6.07) is 9.55. The lowest BCUT2D eigenvalue weighted by atomic mass is 10.2. The van der Waals surface area contributed by atoms with Gasteiger partial charge in [0.05, 0.1) is 6.21 Å². The van der Waals surface area contributed by atoms with Crippen molar-refractivity contribution in [2.75, 3.05) is 6.61 Å². The SMILES string of the molecule is Cc1ccc(OCC(=O)NN=Cc2sccc2C)cc1. The van der Waals surface area contributed by atoms with Gasteiger partial charge in [-0.3, -0.25) is 4.79 Å². The van der Waals surface area contributed by atoms with Gasteiger partial charge in [0.25, 0.3) is 5.91 Å². The van der Waals surface area contributed by atoms with Crippen LogP contribution in [0.25, 0.3) is 0 Å². The summed E-state index contributed by atoms with van der Waals surface area (Å²) >= 11 is 1.58. The summed E-state index contributed by atoms with van der Waals surface area (Å²) in [6.07, 6.45) is 1.64. The molecule has 0 spiro atoms. The highest BCUT2D eigenvalue weighted by atomic mass is 32.1. The second-order valence-electron chi connectivity index (χ2n) is 4.36. The van der Waals surface area contributed by atoms with E-state index in [1.165, 1.54) is 0 Å². The van der Waals surface area contributed by atoms with Crippen LogP contribution in [0.2, 0.25) is 0 Å². The number of ether oxygens (including phenoxy) is 1. The first-order valence-electron chi connectivity index (χ1n) is 6.20. The van der Waals surface area contributed by atoms with Crippen molar-refractivity contribution >= 4 is 23.5 Å². The van der Waals surface area contributed by atoms with Crippen molar-refractivity contribution in [1.82, 2.24) is 5.43 Å². The van der Waals surface area contributed by atoms with E-state index >= 15 is 0 Å². The summed E-state index contributed by atoms with van der Waals surface area (Å²) < 4.78 is 5.35. The predicted molar refractivity (Wildman–Crippen MR) is 81.5 cm³/mol. The van der Waals surface area contributed by atoms with Crippen molar-refractivity contribution in [3.63, 3.8) is 0 Å². The van der Waals surface area contributed by atoms with Crippen molar-refractivity contribution < 1.29 is 9.53 Å². The Kier molecular flexibility index (Phi) is 4.90. The van der Waals surface area contributed by atoms with E-state index < -0.39 is 0 Å². The van der Waals surface area contributed by atoms with Gasteiger partial charge < -0.3 is 4.74 Å². The Morgan fingerprint density at radius 3 is 2.70 bits per heavy atom. The van der Waals surface area contributed by atoms with Crippen LogP contribution in [-0.2, 0) is 4.79 Å². The van der Waals surface area contributed by atoms with E-state index in [1.807, 2.05) is 49.6 Å². The maximum Gasteiger partial charge on any atom is 0.277 e. The fourth-order valence-electron chi connectivity index (χ4n) is 1.50. The van der Waals surface area contributed by atoms with Crippen LogP contribution >= 0.6 is 11.3 Å². The van der Waals surface area contributed by atoms with Crippen LogP contribution in [-0.4, -0.2) is 18.7 Å². The Hall–Kier alpha value is -2.14. The van der Waals surface area contributed by atoms with E-state index in [0.29, 0.717) is 5.75 Å². The summed E-state index contributed by atoms with van der Waals surface area (Å²) in [4.78, 5) is 12.6. The number of thiophene rings is 1. The second-order valence-corrected chi connectivity index (χ2v) is 5.31. The third-order valence-electron chi connectivity index (χ3n) is 2.66. The van der Waals surface area contributed by atoms with Gasteiger partial charge in [-0.25, -0.2) is 5.43 Å². The normalized spacial score (nSPS) is 10.7. The van der Waals surface area contributed by atoms with Crippen LogP contribution in [0.15, 0.2) is 40.8 Å². The third-order valence-corrected chi connectivity index (χ3v) is 3.62. The Morgan fingerprint density at radius 2 is 2.05 bits per heavy atom. The zero-order valence-electron chi connectivity index (χ0n) is 11.4. The average molecular weight is 288 g/mol. The van der Waals surface area contributed by atoms with Crippen LogP contribution in [0.3, 0.4) is 0 Å². The van der Waals surface area contributed by atoms with Crippen LogP contribution < -0.4 is 10.2 Å². The van der Waals surface area contributed by atoms with E-state index in [0.717, 1.165) is 16.0 Å². The van der Waals surface area contributed by atoms with Crippen molar-refractivity contribution in [1.29, 1.82) is 0 Å². The summed E-state index contributed by atoms with van der Waals surface area (Å²) in [7, 11) is 0. The largest absolute Gasteiger partial charge is 0.484 e. The molecule has 0 saturated carbocycles. The van der Waals surface area contributed by atoms with Gasteiger partial charge in [0.2, 0.25) is 0 Å². The smallest absolute Gasteiger partial charge is 0.277 e. The van der Waals surface area contributed by atoms with Gasteiger partial charge in [0.1, 0.15) is 5.75 Å². The molecule has 1 heterocycles. The third kappa shape index (κ3) is 4.20. The molecule has 0 bridgehead atoms. The highest BCUT2D eigenvalue weighted by Gasteiger charge is 2.01. The predicted octanol–water partition coefficient (Wildman–Crippen LogP) is 2.89. The highest BCUT2D eigenvalue weighted by molar-refractivity contribution is 7.11. The number of carbonyl (C=O) groups excluding carboxylic acids is 1. The van der Waals surface area contributed by atoms with Crippen molar-refractivity contribution in [2.24, 2.45) is 5.10 Å². The first-order valence-corrected chi connectivity index (χ1v) is 7.08. The number of nitrogens with zero attached hydrogens (tertiary/aromatic N) is 1. The zero-order valence-corrected chi connectivity index (χ0v) is 12.2. The number of amides is 1. The van der Waals surface area contributed by atoms with E-state index in [-0.39, 0.29) is 12.5 Å². The van der Waals surface area contributed by atoms with Gasteiger partial charge in [-0.05, 0) is 43.0 Å². The fourth-order valence-corrected chi connectivity index (χ4v) is 2.28. The maximum absolute atomic E-state index is 11.6. The lowest BCUT2D eigenvalue weighted by Crippen LogP contribution is -2.24. The first-order chi connectivity index (χ1) is 9.65. The zero-order chi connectivity index (χ0) is 14.4. The topological polar surface area (TPSA) is 50.7 Å². The molecule has 0 unspecified atom stereocenters. The molecule has 0 aliphatic heterocycles. The van der Waals surface area contributed by atoms with Gasteiger partial charge in [-0.15, -0.1) is 11.3 Å². The number of hydrogen-bond donors (Lipinski definition) is 1. The molecule has 4 nitrogen and oxygen atoms in total. The Balaban J connectivity index is 1.77. The van der Waals surface area contributed by atoms with Gasteiger partial charge in [-0.1, -0.05) is 17.7 Å². The van der Waals surface area contributed by atoms with E-state index in [1.54, 1.807) is 17.6 Å². The summed E-state index contributed by atoms with van der Waals surface area (Å²) in [5, 5.41) is 5.89. The minimum absolute atomic E-state index is 0.0518. The van der Waals surface area contributed by atoms with E-state index in [9.17, 15) is 4.79 Å². The number of hydrogen-bond acceptors (Lipinski definition) is 4. The Bertz CT molecular complexity index is 603. The number of aryl methyl sites for hydroxylation is 2. The molecule has 0 radical (unpaired) electrons. The van der Waals surface area contributed by atoms with Gasteiger partial charge in [-0.2, -0.15) is 5.10 Å². The summed E-state index contributed by atoms with van der Waals surface area (Å²) in [6.45, 7) is 3.95. The molecule has 1 aromatic heterocycles. The maximum atomic E-state index is 11.6. The van der Waals surface area contributed by atoms with Crippen LogP contribution in [0, 0.1) is 13.8 Å². The molecular formula is C15H16N2O2S. The Morgan fingerprint density at radius 1 is 1.30 bits per heavy atom. The van der Waals surface area contributed by atoms with Crippen molar-refractivity contribution in [3.8, 4) is 5.75 Å². The fraction of sp³-hybridized carbons (Fsp3) is 0.200. The second kappa shape index (κ2) is 6.86. The summed E-state index contributed by atoms with van der Waals surface area (Å²) in [5.74, 6) is 0.389. The van der Waals surface area contributed by atoms with Crippen LogP contribution in [0.5, 0.6) is 5.75 Å². The molecule has 1 amide bonds. The highest BCUT2D eigenvalue weighted by Crippen LogP contribution is 2.12. The lowest BCUT2D eigenvalue weighted by molar-refractivity contribution is -0.123. The number of rotatable bonds is 5. The first kappa shape index (κ1) is 14.3. The van der Waals surface area contributed by atoms with Crippen molar-refractivity contribution in [3.05, 3.63) is 51.7 Å². The van der Waals surface area contributed by atoms with Crippen LogP contribution in [0.1, 0.15) is 16.0 Å². The van der Waals surface area contributed by atoms with Gasteiger partial charge >= 0.3 is 0 Å². The minimum atomic E-state index is -0.281. The van der Waals surface area contributed by atoms with E-state index in [2.05, 4.69) is 10.5 Å². The quantitative estimate of drug-likeness (QED) is 0.679. The summed E-state index contributed by atoms with van der Waals surface area (Å²) in [5.41, 5.74) is 4.74. The van der Waals surface area contributed by atoms with Gasteiger partial charge in [0.15, 0.2) is 6.61 Å². The molecule has 5 heteroatoms. The monoisotopic (exact) mass is 288 g/mol. The number of carbonyl (C=O) groups is 1. The van der Waals surface area contributed by atoms with E-state index in [4.69, 9.17) is 4.74 Å². The standard InChI is InChI=1S/C15H16N2O2S/c1-11-3-5-13(6-4-11)19-10-15(18)17-16-9-14-12(2)7-8-20-14/h3-9H,10H2,1-2H3,(H,17,18).